The summed E-state index contributed by atoms with van der Waals surface area (Å²) in [4.78, 5) is 0.740. The maximum Gasteiger partial charge on any atom is 0.234 e. The van der Waals surface area contributed by atoms with Gasteiger partial charge in [-0.3, -0.25) is 0 Å². The van der Waals surface area contributed by atoms with Crippen LogP contribution in [0.25, 0.3) is 15.5 Å². The van der Waals surface area contributed by atoms with Crippen LogP contribution in [0.2, 0.25) is 0 Å². The molecule has 1 aromatic carbocycles. The summed E-state index contributed by atoms with van der Waals surface area (Å²) in [7, 11) is -3.19. The van der Waals surface area contributed by atoms with E-state index in [-0.39, 0.29) is 5.92 Å². The summed E-state index contributed by atoms with van der Waals surface area (Å²) in [5, 5.41) is 14.2. The quantitative estimate of drug-likeness (QED) is 0.666. The summed E-state index contributed by atoms with van der Waals surface area (Å²) < 4.78 is 27.1. The Hall–Kier alpha value is -1.84. The molecule has 0 saturated carbocycles. The third kappa shape index (κ3) is 3.63. The van der Waals surface area contributed by atoms with Gasteiger partial charge in [0, 0.05) is 24.6 Å². The maximum atomic E-state index is 11.9. The minimum Gasteiger partial charge on any atom is -0.213 e. The van der Waals surface area contributed by atoms with Gasteiger partial charge in [0.1, 0.15) is 5.01 Å². The Balaban J connectivity index is 1.64. The van der Waals surface area contributed by atoms with Crippen molar-refractivity contribution in [2.75, 3.05) is 19.3 Å². The van der Waals surface area contributed by atoms with Crippen LogP contribution in [0, 0.1) is 0 Å². The van der Waals surface area contributed by atoms with E-state index in [1.165, 1.54) is 27.5 Å². The van der Waals surface area contributed by atoms with E-state index >= 15 is 0 Å². The van der Waals surface area contributed by atoms with Crippen molar-refractivity contribution >= 4 is 26.3 Å². The highest BCUT2D eigenvalue weighted by Crippen LogP contribution is 2.31. The lowest BCUT2D eigenvalue weighted by atomic mass is 9.99. The number of hydrogen-bond donors (Lipinski definition) is 0. The number of piperidine rings is 1. The number of nitrogens with zero attached hydrogens (tertiary/aromatic N) is 5. The molecule has 2 aromatic heterocycles. The molecular weight excluding hydrogens is 382 g/mol. The number of fused-ring (bicyclic) bond motifs is 1. The lowest BCUT2D eigenvalue weighted by Gasteiger charge is -2.29. The largest absolute Gasteiger partial charge is 0.234 e. The van der Waals surface area contributed by atoms with Crippen molar-refractivity contribution in [2.45, 2.75) is 38.5 Å². The monoisotopic (exact) mass is 405 g/mol. The molecule has 3 heterocycles. The van der Waals surface area contributed by atoms with Gasteiger partial charge < -0.3 is 0 Å². The predicted molar refractivity (Wildman–Crippen MR) is 107 cm³/mol. The van der Waals surface area contributed by atoms with Gasteiger partial charge in [0.2, 0.25) is 15.0 Å². The number of sulfonamides is 1. The van der Waals surface area contributed by atoms with Crippen LogP contribution in [-0.2, 0) is 10.0 Å². The Morgan fingerprint density at radius 1 is 1.19 bits per heavy atom. The Bertz CT molecular complexity index is 1050. The molecule has 7 nitrogen and oxygen atoms in total. The first kappa shape index (κ1) is 18.5. The molecule has 9 heteroatoms. The van der Waals surface area contributed by atoms with Crippen molar-refractivity contribution < 1.29 is 8.42 Å². The second-order valence-corrected chi connectivity index (χ2v) is 10.3. The Morgan fingerprint density at radius 2 is 1.93 bits per heavy atom. The standard InChI is InChI=1S/C18H23N5O2S2/c1-12(2)13-6-8-14(9-7-13)17-21-23-16(19-20-18(23)26-17)15-5-4-10-22(11-15)27(3,24)25/h6-9,12,15H,4-5,10-11H2,1-3H3. The summed E-state index contributed by atoms with van der Waals surface area (Å²) >= 11 is 1.50. The van der Waals surface area contributed by atoms with Gasteiger partial charge in [0.25, 0.3) is 0 Å². The van der Waals surface area contributed by atoms with Crippen LogP contribution in [0.4, 0.5) is 0 Å². The van der Waals surface area contributed by atoms with Gasteiger partial charge in [-0.25, -0.2) is 12.7 Å². The van der Waals surface area contributed by atoms with Gasteiger partial charge in [-0.15, -0.1) is 10.2 Å². The van der Waals surface area contributed by atoms with Crippen molar-refractivity contribution in [2.24, 2.45) is 0 Å². The molecule has 1 aliphatic heterocycles. The Labute approximate surface area is 163 Å². The fourth-order valence-corrected chi connectivity index (χ4v) is 5.23. The van der Waals surface area contributed by atoms with Crippen LogP contribution in [0.5, 0.6) is 0 Å². The highest BCUT2D eigenvalue weighted by atomic mass is 32.2. The van der Waals surface area contributed by atoms with Gasteiger partial charge in [-0.1, -0.05) is 49.4 Å². The lowest BCUT2D eigenvalue weighted by Crippen LogP contribution is -2.38. The van der Waals surface area contributed by atoms with Crippen LogP contribution in [-0.4, -0.2) is 51.9 Å². The van der Waals surface area contributed by atoms with Crippen LogP contribution in [0.15, 0.2) is 24.3 Å². The molecule has 0 amide bonds. The third-order valence-corrected chi connectivity index (χ3v) is 7.28. The predicted octanol–water partition coefficient (Wildman–Crippen LogP) is 3.12. The number of rotatable bonds is 4. The molecule has 144 valence electrons. The van der Waals surface area contributed by atoms with Gasteiger partial charge in [0.15, 0.2) is 5.82 Å². The van der Waals surface area contributed by atoms with Gasteiger partial charge in [0.05, 0.1) is 6.26 Å². The SMILES string of the molecule is CC(C)c1ccc(-c2nn3c(C4CCCN(S(C)(=O)=O)C4)nnc3s2)cc1. The summed E-state index contributed by atoms with van der Waals surface area (Å²) in [5.41, 5.74) is 2.35. The van der Waals surface area contributed by atoms with Crippen LogP contribution >= 0.6 is 11.3 Å². The van der Waals surface area contributed by atoms with E-state index in [4.69, 9.17) is 5.10 Å². The molecule has 0 radical (unpaired) electrons. The second-order valence-electron chi connectivity index (χ2n) is 7.40. The maximum absolute atomic E-state index is 11.9. The third-order valence-electron chi connectivity index (χ3n) is 5.06. The molecule has 3 aromatic rings. The van der Waals surface area contributed by atoms with Crippen LogP contribution in [0.3, 0.4) is 0 Å². The minimum atomic E-state index is -3.19. The van der Waals surface area contributed by atoms with Crippen molar-refractivity contribution in [3.63, 3.8) is 0 Å². The molecule has 27 heavy (non-hydrogen) atoms. The fraction of sp³-hybridized carbons (Fsp3) is 0.500. The molecule has 0 N–H and O–H groups in total. The first-order chi connectivity index (χ1) is 12.8. The van der Waals surface area contributed by atoms with E-state index in [1.807, 2.05) is 0 Å². The zero-order chi connectivity index (χ0) is 19.2. The van der Waals surface area contributed by atoms with Gasteiger partial charge >= 0.3 is 0 Å². The van der Waals surface area contributed by atoms with E-state index in [0.29, 0.717) is 19.0 Å². The smallest absolute Gasteiger partial charge is 0.213 e. The van der Waals surface area contributed by atoms with E-state index in [1.54, 1.807) is 4.52 Å². The van der Waals surface area contributed by atoms with Crippen molar-refractivity contribution in [1.82, 2.24) is 24.1 Å². The molecule has 0 aliphatic carbocycles. The normalized spacial score (nSPS) is 19.2. The molecule has 1 unspecified atom stereocenters. The number of benzene rings is 1. The Kier molecular flexibility index (Phi) is 4.77. The van der Waals surface area contributed by atoms with Crippen LogP contribution in [0.1, 0.15) is 49.9 Å². The molecule has 1 saturated heterocycles. The van der Waals surface area contributed by atoms with E-state index < -0.39 is 10.0 Å². The average molecular weight is 406 g/mol. The molecule has 0 spiro atoms. The van der Waals surface area contributed by atoms with Gasteiger partial charge in [-0.2, -0.15) is 9.61 Å². The topological polar surface area (TPSA) is 80.5 Å². The molecule has 1 fully saturated rings. The number of hydrogen-bond acceptors (Lipinski definition) is 6. The first-order valence-corrected chi connectivity index (χ1v) is 11.8. The van der Waals surface area contributed by atoms with E-state index in [9.17, 15) is 8.42 Å². The number of aromatic nitrogens is 4. The minimum absolute atomic E-state index is 0.0155. The molecular formula is C18H23N5O2S2. The van der Waals surface area contributed by atoms with E-state index in [2.05, 4.69) is 48.3 Å². The van der Waals surface area contributed by atoms with Crippen molar-refractivity contribution in [1.29, 1.82) is 0 Å². The molecule has 4 rings (SSSR count). The summed E-state index contributed by atoms with van der Waals surface area (Å²) in [6.07, 6.45) is 2.97. The van der Waals surface area contributed by atoms with Crippen molar-refractivity contribution in [3.05, 3.63) is 35.7 Å². The highest BCUT2D eigenvalue weighted by molar-refractivity contribution is 7.88. The lowest BCUT2D eigenvalue weighted by molar-refractivity contribution is 0.309. The van der Waals surface area contributed by atoms with Crippen LogP contribution < -0.4 is 0 Å². The summed E-state index contributed by atoms with van der Waals surface area (Å²) in [5.74, 6) is 1.26. The Morgan fingerprint density at radius 3 is 2.59 bits per heavy atom. The summed E-state index contributed by atoms with van der Waals surface area (Å²) in [6.45, 7) is 5.36. The van der Waals surface area contributed by atoms with Gasteiger partial charge in [-0.05, 0) is 24.3 Å². The summed E-state index contributed by atoms with van der Waals surface area (Å²) in [6, 6.07) is 8.45. The first-order valence-electron chi connectivity index (χ1n) is 9.10. The molecule has 0 bridgehead atoms. The average Bonchev–Trinajstić information content (AvgIpc) is 3.22. The van der Waals surface area contributed by atoms with Crippen molar-refractivity contribution in [3.8, 4) is 10.6 Å². The molecule has 1 atom stereocenters. The zero-order valence-electron chi connectivity index (χ0n) is 15.7. The zero-order valence-corrected chi connectivity index (χ0v) is 17.3. The fourth-order valence-electron chi connectivity index (χ4n) is 3.47. The molecule has 1 aliphatic rings. The van der Waals surface area contributed by atoms with E-state index in [0.717, 1.165) is 34.2 Å². The highest BCUT2D eigenvalue weighted by Gasteiger charge is 2.30. The second kappa shape index (κ2) is 6.96.